The number of H-pyrrole nitrogens is 1. The van der Waals surface area contributed by atoms with Crippen molar-refractivity contribution in [2.24, 2.45) is 0 Å². The van der Waals surface area contributed by atoms with Gasteiger partial charge in [0.1, 0.15) is 11.6 Å². The Hall–Kier alpha value is -1.33. The standard InChI is InChI=1S/C17H16Br2N2O/c1-4-22-16-12(18)7-11(8-13(16)19)17-20-14-5-9(2)10(3)6-15(14)21-17/h5-8H,4H2,1-3H3,(H,20,21). The maximum atomic E-state index is 5.62. The lowest BCUT2D eigenvalue weighted by Crippen LogP contribution is -1.94. The second-order valence-corrected chi connectivity index (χ2v) is 6.95. The second kappa shape index (κ2) is 6.05. The molecule has 1 N–H and O–H groups in total. The molecule has 2 aromatic carbocycles. The number of benzene rings is 2. The topological polar surface area (TPSA) is 37.9 Å². The highest BCUT2D eigenvalue weighted by atomic mass is 79.9. The molecule has 1 aromatic heterocycles. The summed E-state index contributed by atoms with van der Waals surface area (Å²) in [7, 11) is 0. The molecule has 5 heteroatoms. The third kappa shape index (κ3) is 2.79. The van der Waals surface area contributed by atoms with Gasteiger partial charge < -0.3 is 9.72 Å². The summed E-state index contributed by atoms with van der Waals surface area (Å²) in [5, 5.41) is 0. The maximum Gasteiger partial charge on any atom is 0.147 e. The molecule has 0 bridgehead atoms. The Balaban J connectivity index is 2.11. The Kier molecular flexibility index (Phi) is 4.28. The zero-order valence-corrected chi connectivity index (χ0v) is 15.8. The molecule has 0 saturated heterocycles. The van der Waals surface area contributed by atoms with E-state index in [4.69, 9.17) is 9.72 Å². The molecule has 3 nitrogen and oxygen atoms in total. The van der Waals surface area contributed by atoms with Crippen LogP contribution >= 0.6 is 31.9 Å². The summed E-state index contributed by atoms with van der Waals surface area (Å²) in [5.41, 5.74) is 5.56. The maximum absolute atomic E-state index is 5.62. The Morgan fingerprint density at radius 1 is 1.05 bits per heavy atom. The number of nitrogens with zero attached hydrogens (tertiary/aromatic N) is 1. The van der Waals surface area contributed by atoms with E-state index in [9.17, 15) is 0 Å². The first kappa shape index (κ1) is 15.6. The number of hydrogen-bond donors (Lipinski definition) is 1. The third-order valence-electron chi connectivity index (χ3n) is 3.66. The zero-order valence-electron chi connectivity index (χ0n) is 12.6. The van der Waals surface area contributed by atoms with Gasteiger partial charge in [0, 0.05) is 5.56 Å². The minimum atomic E-state index is 0.625. The monoisotopic (exact) mass is 422 g/mol. The molecule has 3 aromatic rings. The van der Waals surface area contributed by atoms with Crippen molar-refractivity contribution in [3.05, 3.63) is 44.3 Å². The molecule has 0 unspecified atom stereocenters. The number of aromatic nitrogens is 2. The van der Waals surface area contributed by atoms with Crippen LogP contribution in [0.1, 0.15) is 18.1 Å². The Labute approximate surface area is 146 Å². The van der Waals surface area contributed by atoms with Crippen LogP contribution in [0.2, 0.25) is 0 Å². The van der Waals surface area contributed by atoms with Crippen molar-refractivity contribution in [1.82, 2.24) is 9.97 Å². The van der Waals surface area contributed by atoms with Crippen LogP contribution in [-0.4, -0.2) is 16.6 Å². The third-order valence-corrected chi connectivity index (χ3v) is 4.84. The lowest BCUT2D eigenvalue weighted by molar-refractivity contribution is 0.336. The van der Waals surface area contributed by atoms with E-state index in [1.165, 1.54) is 11.1 Å². The van der Waals surface area contributed by atoms with Gasteiger partial charge in [-0.3, -0.25) is 0 Å². The van der Waals surface area contributed by atoms with Gasteiger partial charge in [0.25, 0.3) is 0 Å². The summed E-state index contributed by atoms with van der Waals surface area (Å²) in [6, 6.07) is 8.30. The van der Waals surface area contributed by atoms with Crippen molar-refractivity contribution in [3.8, 4) is 17.1 Å². The molecule has 0 aliphatic carbocycles. The van der Waals surface area contributed by atoms with Crippen molar-refractivity contribution >= 4 is 42.9 Å². The predicted octanol–water partition coefficient (Wildman–Crippen LogP) is 5.77. The van der Waals surface area contributed by atoms with Gasteiger partial charge in [-0.2, -0.15) is 0 Å². The van der Waals surface area contributed by atoms with Crippen molar-refractivity contribution in [3.63, 3.8) is 0 Å². The van der Waals surface area contributed by atoms with E-state index in [2.05, 4.69) is 62.8 Å². The number of aromatic amines is 1. The molecule has 3 rings (SSSR count). The van der Waals surface area contributed by atoms with Crippen LogP contribution in [0.15, 0.2) is 33.2 Å². The summed E-state index contributed by atoms with van der Waals surface area (Å²) in [6.45, 7) is 6.81. The summed E-state index contributed by atoms with van der Waals surface area (Å²) < 4.78 is 7.44. The highest BCUT2D eigenvalue weighted by molar-refractivity contribution is 9.11. The highest BCUT2D eigenvalue weighted by Crippen LogP contribution is 2.37. The minimum Gasteiger partial charge on any atom is -0.492 e. The van der Waals surface area contributed by atoms with Gasteiger partial charge in [0.05, 0.1) is 26.6 Å². The average molecular weight is 424 g/mol. The van der Waals surface area contributed by atoms with E-state index >= 15 is 0 Å². The van der Waals surface area contributed by atoms with E-state index in [0.29, 0.717) is 6.61 Å². The van der Waals surface area contributed by atoms with Crippen LogP contribution in [0.25, 0.3) is 22.4 Å². The first-order valence-electron chi connectivity index (χ1n) is 7.08. The number of hydrogen-bond acceptors (Lipinski definition) is 2. The van der Waals surface area contributed by atoms with Crippen molar-refractivity contribution in [2.75, 3.05) is 6.61 Å². The lowest BCUT2D eigenvalue weighted by atomic mass is 10.1. The van der Waals surface area contributed by atoms with Crippen molar-refractivity contribution < 1.29 is 4.74 Å². The number of imidazole rings is 1. The second-order valence-electron chi connectivity index (χ2n) is 5.24. The highest BCUT2D eigenvalue weighted by Gasteiger charge is 2.13. The Morgan fingerprint density at radius 2 is 1.68 bits per heavy atom. The van der Waals surface area contributed by atoms with E-state index < -0.39 is 0 Å². The van der Waals surface area contributed by atoms with Gasteiger partial charge in [0.15, 0.2) is 0 Å². The largest absolute Gasteiger partial charge is 0.492 e. The van der Waals surface area contributed by atoms with Crippen LogP contribution in [0, 0.1) is 13.8 Å². The summed E-state index contributed by atoms with van der Waals surface area (Å²) in [5.74, 6) is 1.67. The summed E-state index contributed by atoms with van der Waals surface area (Å²) in [4.78, 5) is 8.10. The molecule has 0 aliphatic heterocycles. The Morgan fingerprint density at radius 3 is 2.32 bits per heavy atom. The number of halogens is 2. The van der Waals surface area contributed by atoms with Crippen LogP contribution < -0.4 is 4.74 Å². The predicted molar refractivity (Wildman–Crippen MR) is 97.6 cm³/mol. The summed E-state index contributed by atoms with van der Waals surface area (Å²) >= 11 is 7.13. The van der Waals surface area contributed by atoms with E-state index in [1.54, 1.807) is 0 Å². The normalized spacial score (nSPS) is 11.1. The molecule has 0 spiro atoms. The van der Waals surface area contributed by atoms with Gasteiger partial charge in [-0.15, -0.1) is 0 Å². The molecule has 0 fully saturated rings. The van der Waals surface area contributed by atoms with E-state index in [-0.39, 0.29) is 0 Å². The zero-order chi connectivity index (χ0) is 15.9. The van der Waals surface area contributed by atoms with Crippen molar-refractivity contribution in [1.29, 1.82) is 0 Å². The van der Waals surface area contributed by atoms with E-state index in [1.807, 2.05) is 19.1 Å². The van der Waals surface area contributed by atoms with Gasteiger partial charge >= 0.3 is 0 Å². The molecule has 114 valence electrons. The van der Waals surface area contributed by atoms with E-state index in [0.717, 1.165) is 37.1 Å². The number of aryl methyl sites for hydroxylation is 2. The van der Waals surface area contributed by atoms with Gasteiger partial charge in [0.2, 0.25) is 0 Å². The smallest absolute Gasteiger partial charge is 0.147 e. The van der Waals surface area contributed by atoms with Crippen LogP contribution in [-0.2, 0) is 0 Å². The molecular formula is C17H16Br2N2O. The first-order chi connectivity index (χ1) is 10.5. The molecule has 22 heavy (non-hydrogen) atoms. The lowest BCUT2D eigenvalue weighted by Gasteiger charge is -2.09. The fraction of sp³-hybridized carbons (Fsp3) is 0.235. The molecule has 0 saturated carbocycles. The van der Waals surface area contributed by atoms with Crippen LogP contribution in [0.3, 0.4) is 0 Å². The molecule has 0 radical (unpaired) electrons. The Bertz CT molecular complexity index is 793. The molecule has 0 amide bonds. The number of ether oxygens (including phenoxy) is 1. The minimum absolute atomic E-state index is 0.625. The van der Waals surface area contributed by atoms with Crippen LogP contribution in [0.5, 0.6) is 5.75 Å². The number of fused-ring (bicyclic) bond motifs is 1. The van der Waals surface area contributed by atoms with Gasteiger partial charge in [-0.25, -0.2) is 4.98 Å². The molecule has 0 atom stereocenters. The van der Waals surface area contributed by atoms with Gasteiger partial charge in [-0.05, 0) is 88.0 Å². The fourth-order valence-corrected chi connectivity index (χ4v) is 3.80. The molecule has 1 heterocycles. The SMILES string of the molecule is CCOc1c(Br)cc(-c2nc3cc(C)c(C)cc3[nH]2)cc1Br. The number of nitrogens with one attached hydrogen (secondary N) is 1. The fourth-order valence-electron chi connectivity index (χ4n) is 2.39. The van der Waals surface area contributed by atoms with Crippen LogP contribution in [0.4, 0.5) is 0 Å². The first-order valence-corrected chi connectivity index (χ1v) is 8.67. The quantitative estimate of drug-likeness (QED) is 0.580. The summed E-state index contributed by atoms with van der Waals surface area (Å²) in [6.07, 6.45) is 0. The average Bonchev–Trinajstić information content (AvgIpc) is 2.86. The number of rotatable bonds is 3. The molecule has 0 aliphatic rings. The molecular weight excluding hydrogens is 408 g/mol. The van der Waals surface area contributed by atoms with Gasteiger partial charge in [-0.1, -0.05) is 0 Å². The van der Waals surface area contributed by atoms with Crippen molar-refractivity contribution in [2.45, 2.75) is 20.8 Å².